The Morgan fingerprint density at radius 2 is 2.22 bits per heavy atom. The van der Waals surface area contributed by atoms with E-state index in [4.69, 9.17) is 10.5 Å². The summed E-state index contributed by atoms with van der Waals surface area (Å²) in [5.74, 6) is -1.26. The van der Waals surface area contributed by atoms with E-state index in [1.165, 1.54) is 0 Å². The third kappa shape index (κ3) is 3.64. The van der Waals surface area contributed by atoms with E-state index in [-0.39, 0.29) is 12.8 Å². The van der Waals surface area contributed by atoms with Gasteiger partial charge in [-0.15, -0.1) is 0 Å². The Hall–Kier alpha value is -0.930. The molecule has 0 unspecified atom stereocenters. The normalized spacial score (nSPS) is 9.00. The molecule has 0 heterocycles. The van der Waals surface area contributed by atoms with Crippen molar-refractivity contribution in [2.75, 3.05) is 6.67 Å². The summed E-state index contributed by atoms with van der Waals surface area (Å²) < 4.78 is 11.3. The molecule has 0 atom stereocenters. The van der Waals surface area contributed by atoms with Crippen molar-refractivity contribution in [1.29, 1.82) is 5.41 Å². The SMILES string of the molecule is N=C(CCCF)C(=O)O. The minimum absolute atomic E-state index is 0.0197. The molecule has 0 aliphatic rings. The molecule has 0 saturated heterocycles. The topological polar surface area (TPSA) is 61.2 Å². The van der Waals surface area contributed by atoms with Crippen LogP contribution >= 0.6 is 0 Å². The number of rotatable bonds is 4. The Labute approximate surface area is 52.0 Å². The fourth-order valence-electron chi connectivity index (χ4n) is 0.351. The predicted molar refractivity (Wildman–Crippen MR) is 30.6 cm³/mol. The highest BCUT2D eigenvalue weighted by atomic mass is 19.1. The molecule has 0 aliphatic heterocycles. The average molecular weight is 133 g/mol. The van der Waals surface area contributed by atoms with Crippen molar-refractivity contribution in [3.8, 4) is 0 Å². The standard InChI is InChI=1S/C5H8FNO2/c6-3-1-2-4(7)5(8)9/h7H,1-3H2,(H,8,9). The van der Waals surface area contributed by atoms with Crippen LogP contribution in [0, 0.1) is 5.41 Å². The second-order valence-electron chi connectivity index (χ2n) is 1.58. The first-order valence-corrected chi connectivity index (χ1v) is 2.55. The molecule has 0 rings (SSSR count). The minimum atomic E-state index is -1.26. The lowest BCUT2D eigenvalue weighted by atomic mass is 10.2. The lowest BCUT2D eigenvalue weighted by molar-refractivity contribution is -0.129. The fourth-order valence-corrected chi connectivity index (χ4v) is 0.351. The van der Waals surface area contributed by atoms with E-state index in [2.05, 4.69) is 0 Å². The van der Waals surface area contributed by atoms with Crippen molar-refractivity contribution in [3.63, 3.8) is 0 Å². The summed E-state index contributed by atoms with van der Waals surface area (Å²) in [5.41, 5.74) is -0.423. The van der Waals surface area contributed by atoms with Crippen LogP contribution in [0.2, 0.25) is 0 Å². The highest BCUT2D eigenvalue weighted by molar-refractivity contribution is 6.34. The van der Waals surface area contributed by atoms with Crippen LogP contribution in [0.4, 0.5) is 4.39 Å². The molecule has 0 saturated carbocycles. The van der Waals surface area contributed by atoms with Crippen LogP contribution in [0.25, 0.3) is 0 Å². The van der Waals surface area contributed by atoms with Crippen LogP contribution in [-0.2, 0) is 4.79 Å². The maximum absolute atomic E-state index is 11.3. The van der Waals surface area contributed by atoms with Gasteiger partial charge in [-0.25, -0.2) is 4.79 Å². The number of hydrogen-bond donors (Lipinski definition) is 2. The zero-order valence-electron chi connectivity index (χ0n) is 4.85. The third-order valence-electron chi connectivity index (χ3n) is 0.819. The maximum atomic E-state index is 11.3. The van der Waals surface area contributed by atoms with Gasteiger partial charge in [0.15, 0.2) is 0 Å². The van der Waals surface area contributed by atoms with E-state index in [9.17, 15) is 9.18 Å². The van der Waals surface area contributed by atoms with Crippen LogP contribution in [-0.4, -0.2) is 23.5 Å². The summed E-state index contributed by atoms with van der Waals surface area (Å²) in [6, 6.07) is 0. The van der Waals surface area contributed by atoms with Crippen LogP contribution < -0.4 is 0 Å². The van der Waals surface area contributed by atoms with Crippen LogP contribution in [0.3, 0.4) is 0 Å². The Bertz CT molecular complexity index is 124. The van der Waals surface area contributed by atoms with Gasteiger partial charge in [0.2, 0.25) is 0 Å². The van der Waals surface area contributed by atoms with Crippen molar-refractivity contribution in [2.24, 2.45) is 0 Å². The van der Waals surface area contributed by atoms with Gasteiger partial charge in [-0.1, -0.05) is 0 Å². The summed E-state index contributed by atoms with van der Waals surface area (Å²) in [6.07, 6.45) is 0.150. The minimum Gasteiger partial charge on any atom is -0.477 e. The summed E-state index contributed by atoms with van der Waals surface area (Å²) in [6.45, 7) is -0.560. The van der Waals surface area contributed by atoms with Gasteiger partial charge in [-0.3, -0.25) is 9.80 Å². The Kier molecular flexibility index (Phi) is 3.59. The number of carboxylic acids is 1. The number of carboxylic acid groups (broad SMARTS) is 1. The molecule has 0 fully saturated rings. The fraction of sp³-hybridized carbons (Fsp3) is 0.600. The Balaban J connectivity index is 3.39. The molecule has 0 amide bonds. The molecule has 0 spiro atoms. The molecule has 0 aliphatic carbocycles. The quantitative estimate of drug-likeness (QED) is 0.558. The van der Waals surface area contributed by atoms with Gasteiger partial charge in [0.1, 0.15) is 5.71 Å². The van der Waals surface area contributed by atoms with Crippen LogP contribution in [0.5, 0.6) is 0 Å². The van der Waals surface area contributed by atoms with Gasteiger partial charge in [0.25, 0.3) is 0 Å². The molecular weight excluding hydrogens is 125 g/mol. The molecule has 52 valence electrons. The molecule has 4 heteroatoms. The zero-order chi connectivity index (χ0) is 7.28. The van der Waals surface area contributed by atoms with Crippen molar-refractivity contribution in [3.05, 3.63) is 0 Å². The second kappa shape index (κ2) is 4.00. The highest BCUT2D eigenvalue weighted by Gasteiger charge is 2.04. The van der Waals surface area contributed by atoms with E-state index in [1.54, 1.807) is 0 Å². The van der Waals surface area contributed by atoms with Crippen LogP contribution in [0.1, 0.15) is 12.8 Å². The number of alkyl halides is 1. The van der Waals surface area contributed by atoms with Crippen LogP contribution in [0.15, 0.2) is 0 Å². The summed E-state index contributed by atoms with van der Waals surface area (Å²) in [7, 11) is 0. The highest BCUT2D eigenvalue weighted by Crippen LogP contribution is 1.91. The molecule has 0 aromatic carbocycles. The van der Waals surface area contributed by atoms with Gasteiger partial charge in [-0.05, 0) is 12.8 Å². The van der Waals surface area contributed by atoms with Gasteiger partial charge in [-0.2, -0.15) is 0 Å². The number of aliphatic carboxylic acids is 1. The lowest BCUT2D eigenvalue weighted by Crippen LogP contribution is -2.10. The molecule has 0 aromatic heterocycles. The molecule has 2 N–H and O–H groups in total. The van der Waals surface area contributed by atoms with E-state index in [0.29, 0.717) is 0 Å². The van der Waals surface area contributed by atoms with Crippen molar-refractivity contribution in [2.45, 2.75) is 12.8 Å². The molecule has 0 bridgehead atoms. The monoisotopic (exact) mass is 133 g/mol. The first-order chi connectivity index (χ1) is 4.18. The first-order valence-electron chi connectivity index (χ1n) is 2.55. The second-order valence-corrected chi connectivity index (χ2v) is 1.58. The Morgan fingerprint density at radius 3 is 2.56 bits per heavy atom. The molecule has 3 nitrogen and oxygen atoms in total. The summed E-state index contributed by atoms with van der Waals surface area (Å²) in [4.78, 5) is 9.86. The van der Waals surface area contributed by atoms with Gasteiger partial charge < -0.3 is 5.11 Å². The van der Waals surface area contributed by atoms with E-state index >= 15 is 0 Å². The molecule has 0 radical (unpaired) electrons. The van der Waals surface area contributed by atoms with E-state index in [1.807, 2.05) is 0 Å². The predicted octanol–water partition coefficient (Wildman–Crippen LogP) is 0.840. The van der Waals surface area contributed by atoms with Crippen molar-refractivity contribution < 1.29 is 14.3 Å². The number of hydrogen-bond acceptors (Lipinski definition) is 2. The smallest absolute Gasteiger partial charge is 0.349 e. The lowest BCUT2D eigenvalue weighted by Gasteiger charge is -1.91. The van der Waals surface area contributed by atoms with Crippen molar-refractivity contribution in [1.82, 2.24) is 0 Å². The number of carbonyl (C=O) groups is 1. The third-order valence-corrected chi connectivity index (χ3v) is 0.819. The van der Waals surface area contributed by atoms with E-state index < -0.39 is 18.4 Å². The largest absolute Gasteiger partial charge is 0.477 e. The number of halogens is 1. The van der Waals surface area contributed by atoms with Gasteiger partial charge in [0.05, 0.1) is 6.67 Å². The van der Waals surface area contributed by atoms with Gasteiger partial charge in [0, 0.05) is 0 Å². The summed E-state index contributed by atoms with van der Waals surface area (Å²) in [5, 5.41) is 14.7. The zero-order valence-corrected chi connectivity index (χ0v) is 4.85. The first kappa shape index (κ1) is 8.07. The Morgan fingerprint density at radius 1 is 1.67 bits per heavy atom. The molecular formula is C5H8FNO2. The average Bonchev–Trinajstić information content (AvgIpc) is 1.82. The van der Waals surface area contributed by atoms with E-state index in [0.717, 1.165) is 0 Å². The maximum Gasteiger partial charge on any atom is 0.349 e. The van der Waals surface area contributed by atoms with Crippen molar-refractivity contribution >= 4 is 11.7 Å². The van der Waals surface area contributed by atoms with Gasteiger partial charge >= 0.3 is 5.97 Å². The molecule has 9 heavy (non-hydrogen) atoms. The molecule has 0 aromatic rings. The number of nitrogens with one attached hydrogen (secondary N) is 1. The summed E-state index contributed by atoms with van der Waals surface area (Å²) >= 11 is 0.